The van der Waals surface area contributed by atoms with Crippen molar-refractivity contribution in [3.05, 3.63) is 57.9 Å². The summed E-state index contributed by atoms with van der Waals surface area (Å²) in [6.45, 7) is 6.46. The second-order valence-corrected chi connectivity index (χ2v) is 6.94. The number of nitrogens with zero attached hydrogens (tertiary/aromatic N) is 3. The van der Waals surface area contributed by atoms with Gasteiger partial charge in [-0.25, -0.2) is 4.39 Å². The predicted molar refractivity (Wildman–Crippen MR) is 103 cm³/mol. The highest BCUT2D eigenvalue weighted by Crippen LogP contribution is 2.12. The van der Waals surface area contributed by atoms with Gasteiger partial charge in [0, 0.05) is 12.6 Å². The monoisotopic (exact) mass is 360 g/mol. The fraction of sp³-hybridized carbons (Fsp3) is 0.421. The average Bonchev–Trinajstić information content (AvgIpc) is 2.90. The SMILES string of the molecule is CC(C)=CCC[C@@H](C)C/C=N\n1c(Cc2ccc(F)cc2)n[nH]c1=S. The Balaban J connectivity index is 1.97. The third-order valence-corrected chi connectivity index (χ3v) is 4.17. The summed E-state index contributed by atoms with van der Waals surface area (Å²) in [7, 11) is 0. The normalized spacial score (nSPS) is 12.5. The zero-order valence-corrected chi connectivity index (χ0v) is 15.8. The van der Waals surface area contributed by atoms with Gasteiger partial charge in [-0.05, 0) is 68.9 Å². The minimum atomic E-state index is -0.247. The van der Waals surface area contributed by atoms with Gasteiger partial charge in [-0.15, -0.1) is 0 Å². The molecule has 0 saturated heterocycles. The van der Waals surface area contributed by atoms with E-state index in [-0.39, 0.29) is 5.82 Å². The molecule has 1 aromatic heterocycles. The lowest BCUT2D eigenvalue weighted by atomic mass is 10.0. The van der Waals surface area contributed by atoms with Gasteiger partial charge in [0.1, 0.15) is 5.82 Å². The first-order chi connectivity index (χ1) is 12.0. The lowest BCUT2D eigenvalue weighted by Crippen LogP contribution is -2.02. The molecule has 4 nitrogen and oxygen atoms in total. The Morgan fingerprint density at radius 2 is 2.08 bits per heavy atom. The summed E-state index contributed by atoms with van der Waals surface area (Å²) in [4.78, 5) is 0. The van der Waals surface area contributed by atoms with Crippen LogP contribution in [0.1, 0.15) is 51.4 Å². The summed E-state index contributed by atoms with van der Waals surface area (Å²) in [5, 5.41) is 11.5. The van der Waals surface area contributed by atoms with Gasteiger partial charge in [0.2, 0.25) is 4.77 Å². The predicted octanol–water partition coefficient (Wildman–Crippen LogP) is 5.28. The van der Waals surface area contributed by atoms with Crippen LogP contribution in [0.5, 0.6) is 0 Å². The Labute approximate surface area is 153 Å². The van der Waals surface area contributed by atoms with E-state index in [0.717, 1.165) is 24.8 Å². The molecule has 0 bridgehead atoms. The zero-order chi connectivity index (χ0) is 18.2. The highest BCUT2D eigenvalue weighted by atomic mass is 32.1. The molecule has 0 saturated carbocycles. The Morgan fingerprint density at radius 1 is 1.36 bits per heavy atom. The highest BCUT2D eigenvalue weighted by Gasteiger charge is 2.07. The third-order valence-electron chi connectivity index (χ3n) is 3.91. The molecule has 6 heteroatoms. The number of hydrogen-bond donors (Lipinski definition) is 1. The molecule has 1 aromatic carbocycles. The molecule has 2 rings (SSSR count). The van der Waals surface area contributed by atoms with Crippen LogP contribution in [0.15, 0.2) is 41.0 Å². The zero-order valence-electron chi connectivity index (χ0n) is 15.0. The molecule has 0 aliphatic heterocycles. The Kier molecular flexibility index (Phi) is 7.25. The summed E-state index contributed by atoms with van der Waals surface area (Å²) in [5.74, 6) is 1.02. The summed E-state index contributed by atoms with van der Waals surface area (Å²) < 4.78 is 15.1. The van der Waals surface area contributed by atoms with Crippen molar-refractivity contribution in [1.29, 1.82) is 0 Å². The lowest BCUT2D eigenvalue weighted by Gasteiger charge is -2.06. The lowest BCUT2D eigenvalue weighted by molar-refractivity contribution is 0.561. The summed E-state index contributed by atoms with van der Waals surface area (Å²) in [6.07, 6.45) is 7.82. The fourth-order valence-electron chi connectivity index (χ4n) is 2.43. The van der Waals surface area contributed by atoms with Gasteiger partial charge in [-0.3, -0.25) is 5.10 Å². The molecule has 1 N–H and O–H groups in total. The maximum Gasteiger partial charge on any atom is 0.216 e. The number of benzene rings is 1. The van der Waals surface area contributed by atoms with E-state index in [4.69, 9.17) is 12.2 Å². The fourth-order valence-corrected chi connectivity index (χ4v) is 2.62. The number of nitrogens with one attached hydrogen (secondary N) is 1. The maximum atomic E-state index is 13.0. The number of H-pyrrole nitrogens is 1. The molecule has 0 fully saturated rings. The van der Waals surface area contributed by atoms with Gasteiger partial charge >= 0.3 is 0 Å². The highest BCUT2D eigenvalue weighted by molar-refractivity contribution is 7.71. The van der Waals surface area contributed by atoms with Crippen molar-refractivity contribution in [2.75, 3.05) is 0 Å². The van der Waals surface area contributed by atoms with Crippen LogP contribution in [-0.2, 0) is 6.42 Å². The first-order valence-corrected chi connectivity index (χ1v) is 8.93. The van der Waals surface area contributed by atoms with Gasteiger partial charge in [0.15, 0.2) is 5.82 Å². The number of rotatable bonds is 8. The van der Waals surface area contributed by atoms with Crippen molar-refractivity contribution in [2.24, 2.45) is 11.0 Å². The molecule has 0 amide bonds. The Bertz CT molecular complexity index is 783. The van der Waals surface area contributed by atoms with Crippen molar-refractivity contribution in [3.8, 4) is 0 Å². The number of hydrogen-bond acceptors (Lipinski definition) is 3. The van der Waals surface area contributed by atoms with Crippen LogP contribution >= 0.6 is 12.2 Å². The molecule has 0 spiro atoms. The second kappa shape index (κ2) is 9.42. The minimum Gasteiger partial charge on any atom is -0.250 e. The molecule has 0 aliphatic rings. The van der Waals surface area contributed by atoms with E-state index in [2.05, 4.69) is 42.1 Å². The molecule has 1 atom stereocenters. The van der Waals surface area contributed by atoms with Gasteiger partial charge in [-0.1, -0.05) is 30.7 Å². The summed E-state index contributed by atoms with van der Waals surface area (Å²) in [5.41, 5.74) is 2.32. The smallest absolute Gasteiger partial charge is 0.216 e. The minimum absolute atomic E-state index is 0.247. The van der Waals surface area contributed by atoms with E-state index < -0.39 is 0 Å². The summed E-state index contributed by atoms with van der Waals surface area (Å²) >= 11 is 5.25. The molecule has 134 valence electrons. The van der Waals surface area contributed by atoms with E-state index in [9.17, 15) is 4.39 Å². The topological polar surface area (TPSA) is 46.0 Å². The standard InChI is InChI=1S/C19H25FN4S/c1-14(2)5-4-6-15(3)11-12-21-24-18(22-23-19(24)25)13-16-7-9-17(20)10-8-16/h5,7-10,12,15H,4,6,11,13H2,1-3H3,(H,23,25)/b21-12-/t15-/m1/s1. The van der Waals surface area contributed by atoms with Gasteiger partial charge in [0.05, 0.1) is 0 Å². The van der Waals surface area contributed by atoms with Crippen molar-refractivity contribution >= 4 is 18.4 Å². The number of aromatic amines is 1. The van der Waals surface area contributed by atoms with Crippen molar-refractivity contribution in [2.45, 2.75) is 46.5 Å². The first kappa shape index (κ1) is 19.2. The average molecular weight is 361 g/mol. The van der Waals surface area contributed by atoms with Crippen LogP contribution in [0, 0.1) is 16.5 Å². The third kappa shape index (κ3) is 6.38. The molecule has 25 heavy (non-hydrogen) atoms. The van der Waals surface area contributed by atoms with Crippen LogP contribution in [0.2, 0.25) is 0 Å². The molecule has 0 unspecified atom stereocenters. The number of allylic oxidation sites excluding steroid dienone is 2. The van der Waals surface area contributed by atoms with Crippen molar-refractivity contribution < 1.29 is 4.39 Å². The molecular weight excluding hydrogens is 335 g/mol. The van der Waals surface area contributed by atoms with E-state index in [1.54, 1.807) is 16.8 Å². The van der Waals surface area contributed by atoms with Gasteiger partial charge in [-0.2, -0.15) is 14.9 Å². The summed E-state index contributed by atoms with van der Waals surface area (Å²) in [6, 6.07) is 6.37. The van der Waals surface area contributed by atoms with E-state index in [1.165, 1.54) is 17.7 Å². The molecular formula is C19H25FN4S. The van der Waals surface area contributed by atoms with Crippen LogP contribution in [-0.4, -0.2) is 21.1 Å². The van der Waals surface area contributed by atoms with Crippen LogP contribution < -0.4 is 0 Å². The number of aromatic nitrogens is 3. The van der Waals surface area contributed by atoms with Crippen LogP contribution in [0.4, 0.5) is 4.39 Å². The quantitative estimate of drug-likeness (QED) is 0.396. The Morgan fingerprint density at radius 3 is 2.76 bits per heavy atom. The van der Waals surface area contributed by atoms with E-state index in [1.807, 2.05) is 6.21 Å². The van der Waals surface area contributed by atoms with Gasteiger partial charge < -0.3 is 0 Å². The van der Waals surface area contributed by atoms with E-state index in [0.29, 0.717) is 22.9 Å². The first-order valence-electron chi connectivity index (χ1n) is 8.52. The Hall–Kier alpha value is -2.08. The number of halogens is 1. The maximum absolute atomic E-state index is 13.0. The molecule has 1 heterocycles. The molecule has 2 aromatic rings. The molecule has 0 radical (unpaired) electrons. The molecule has 0 aliphatic carbocycles. The van der Waals surface area contributed by atoms with E-state index >= 15 is 0 Å². The van der Waals surface area contributed by atoms with Gasteiger partial charge in [0.25, 0.3) is 0 Å². The second-order valence-electron chi connectivity index (χ2n) is 6.56. The largest absolute Gasteiger partial charge is 0.250 e. The van der Waals surface area contributed by atoms with Crippen LogP contribution in [0.3, 0.4) is 0 Å². The van der Waals surface area contributed by atoms with Crippen molar-refractivity contribution in [3.63, 3.8) is 0 Å². The van der Waals surface area contributed by atoms with Crippen LogP contribution in [0.25, 0.3) is 0 Å². The van der Waals surface area contributed by atoms with Crippen molar-refractivity contribution in [1.82, 2.24) is 14.9 Å².